The molecule has 0 spiro atoms. The lowest BCUT2D eigenvalue weighted by Crippen LogP contribution is -2.41. The van der Waals surface area contributed by atoms with E-state index in [1.807, 2.05) is 0 Å². The van der Waals surface area contributed by atoms with Crippen LogP contribution in [0.4, 0.5) is 5.69 Å². The lowest BCUT2D eigenvalue weighted by Gasteiger charge is -2.26. The number of aromatic nitrogens is 2. The molecule has 1 aliphatic rings. The molecule has 0 bridgehead atoms. The van der Waals surface area contributed by atoms with Gasteiger partial charge in [0.05, 0.1) is 29.5 Å². The number of hydrogen-bond donors (Lipinski definition) is 1. The van der Waals surface area contributed by atoms with Crippen LogP contribution in [0.2, 0.25) is 5.02 Å². The third-order valence-corrected chi connectivity index (χ3v) is 5.46. The molecule has 0 saturated carbocycles. The van der Waals surface area contributed by atoms with Gasteiger partial charge in [0.25, 0.3) is 11.6 Å². The Morgan fingerprint density at radius 3 is 2.47 bits per heavy atom. The molecule has 10 heteroatoms. The SMILES string of the molecule is O=C(NCCN1CCOCC1)c1cc(-c2ccc([N+](=O)[O-])cc2)nn1-c1ccc(Cl)cc1. The Balaban J connectivity index is 1.58. The number of rotatable bonds is 7. The van der Waals surface area contributed by atoms with Crippen LogP contribution >= 0.6 is 11.6 Å². The highest BCUT2D eigenvalue weighted by Crippen LogP contribution is 2.24. The number of benzene rings is 2. The Hall–Kier alpha value is -3.27. The van der Waals surface area contributed by atoms with E-state index >= 15 is 0 Å². The molecule has 2 aromatic carbocycles. The topological polar surface area (TPSA) is 103 Å². The van der Waals surface area contributed by atoms with Gasteiger partial charge >= 0.3 is 0 Å². The highest BCUT2D eigenvalue weighted by molar-refractivity contribution is 6.30. The third kappa shape index (κ3) is 5.13. The summed E-state index contributed by atoms with van der Waals surface area (Å²) in [5.41, 5.74) is 2.24. The van der Waals surface area contributed by atoms with E-state index in [0.717, 1.165) is 19.6 Å². The van der Waals surface area contributed by atoms with Crippen molar-refractivity contribution in [1.82, 2.24) is 20.0 Å². The van der Waals surface area contributed by atoms with Gasteiger partial charge in [-0.1, -0.05) is 11.6 Å². The number of amides is 1. The van der Waals surface area contributed by atoms with Crippen molar-refractivity contribution >= 4 is 23.2 Å². The minimum absolute atomic E-state index is 0.00744. The number of nitrogens with one attached hydrogen (secondary N) is 1. The Bertz CT molecular complexity index is 1090. The molecule has 0 unspecified atom stereocenters. The summed E-state index contributed by atoms with van der Waals surface area (Å²) in [6.07, 6.45) is 0. The Morgan fingerprint density at radius 2 is 1.81 bits per heavy atom. The van der Waals surface area contributed by atoms with E-state index in [9.17, 15) is 14.9 Å². The average molecular weight is 456 g/mol. The zero-order valence-corrected chi connectivity index (χ0v) is 18.0. The van der Waals surface area contributed by atoms with Gasteiger partial charge in [0.1, 0.15) is 5.69 Å². The minimum atomic E-state index is -0.455. The molecule has 0 radical (unpaired) electrons. The molecule has 166 valence electrons. The number of nitrogens with zero attached hydrogens (tertiary/aromatic N) is 4. The summed E-state index contributed by atoms with van der Waals surface area (Å²) in [6.45, 7) is 4.34. The summed E-state index contributed by atoms with van der Waals surface area (Å²) in [6, 6.07) is 14.8. The first-order valence-corrected chi connectivity index (χ1v) is 10.6. The quantitative estimate of drug-likeness (QED) is 0.433. The molecule has 2 heterocycles. The number of non-ortho nitro benzene ring substituents is 1. The number of ether oxygens (including phenoxy) is 1. The maximum absolute atomic E-state index is 13.0. The van der Waals surface area contributed by atoms with E-state index in [1.165, 1.54) is 12.1 Å². The normalized spacial score (nSPS) is 14.3. The van der Waals surface area contributed by atoms with Crippen LogP contribution in [0.5, 0.6) is 0 Å². The van der Waals surface area contributed by atoms with Gasteiger partial charge in [0, 0.05) is 48.9 Å². The van der Waals surface area contributed by atoms with Crippen molar-refractivity contribution in [2.75, 3.05) is 39.4 Å². The van der Waals surface area contributed by atoms with E-state index < -0.39 is 4.92 Å². The number of nitro benzene ring substituents is 1. The molecular formula is C22H22ClN5O4. The fourth-order valence-corrected chi connectivity index (χ4v) is 3.59. The van der Waals surface area contributed by atoms with E-state index in [1.54, 1.807) is 47.1 Å². The second-order valence-corrected chi connectivity index (χ2v) is 7.75. The van der Waals surface area contributed by atoms with Crippen molar-refractivity contribution in [2.45, 2.75) is 0 Å². The lowest BCUT2D eigenvalue weighted by molar-refractivity contribution is -0.384. The van der Waals surface area contributed by atoms with Gasteiger partial charge in [0.2, 0.25) is 0 Å². The fraction of sp³-hybridized carbons (Fsp3) is 0.273. The molecule has 1 amide bonds. The zero-order chi connectivity index (χ0) is 22.5. The number of carbonyl (C=O) groups excluding carboxylic acids is 1. The summed E-state index contributed by atoms with van der Waals surface area (Å²) >= 11 is 6.01. The standard InChI is InChI=1S/C22H22ClN5O4/c23-17-3-7-18(8-4-17)27-21(22(29)24-9-10-26-11-13-32-14-12-26)15-20(25-27)16-1-5-19(6-2-16)28(30)31/h1-8,15H,9-14H2,(H,24,29). The molecule has 4 rings (SSSR count). The maximum atomic E-state index is 13.0. The summed E-state index contributed by atoms with van der Waals surface area (Å²) in [7, 11) is 0. The minimum Gasteiger partial charge on any atom is -0.379 e. The number of carbonyl (C=O) groups is 1. The van der Waals surface area contributed by atoms with Gasteiger partial charge in [-0.2, -0.15) is 5.10 Å². The monoisotopic (exact) mass is 455 g/mol. The molecule has 3 aromatic rings. The Labute approximate surface area is 189 Å². The first-order valence-electron chi connectivity index (χ1n) is 10.2. The van der Waals surface area contributed by atoms with E-state index in [0.29, 0.717) is 47.4 Å². The van der Waals surface area contributed by atoms with Gasteiger partial charge in [-0.3, -0.25) is 19.8 Å². The predicted octanol–water partition coefficient (Wildman–Crippen LogP) is 3.16. The second kappa shape index (κ2) is 9.90. The molecule has 1 saturated heterocycles. The van der Waals surface area contributed by atoms with E-state index in [-0.39, 0.29) is 11.6 Å². The van der Waals surface area contributed by atoms with Crippen LogP contribution in [0, 0.1) is 10.1 Å². The summed E-state index contributed by atoms with van der Waals surface area (Å²) < 4.78 is 6.90. The van der Waals surface area contributed by atoms with Crippen LogP contribution in [0.15, 0.2) is 54.6 Å². The van der Waals surface area contributed by atoms with Gasteiger partial charge in [-0.15, -0.1) is 0 Å². The zero-order valence-electron chi connectivity index (χ0n) is 17.2. The molecule has 1 N–H and O–H groups in total. The highest BCUT2D eigenvalue weighted by atomic mass is 35.5. The van der Waals surface area contributed by atoms with Crippen LogP contribution in [-0.2, 0) is 4.74 Å². The molecule has 9 nitrogen and oxygen atoms in total. The predicted molar refractivity (Wildman–Crippen MR) is 120 cm³/mol. The number of halogens is 1. The van der Waals surface area contributed by atoms with Crippen LogP contribution in [0.1, 0.15) is 10.5 Å². The van der Waals surface area contributed by atoms with Crippen molar-refractivity contribution in [3.63, 3.8) is 0 Å². The van der Waals surface area contributed by atoms with Crippen molar-refractivity contribution < 1.29 is 14.5 Å². The van der Waals surface area contributed by atoms with E-state index in [4.69, 9.17) is 16.3 Å². The summed E-state index contributed by atoms with van der Waals surface area (Å²) in [5.74, 6) is -0.256. The molecule has 0 atom stereocenters. The Morgan fingerprint density at radius 1 is 1.12 bits per heavy atom. The van der Waals surface area contributed by atoms with Gasteiger partial charge in [-0.05, 0) is 42.5 Å². The van der Waals surface area contributed by atoms with Crippen LogP contribution < -0.4 is 5.32 Å². The molecule has 32 heavy (non-hydrogen) atoms. The largest absolute Gasteiger partial charge is 0.379 e. The maximum Gasteiger partial charge on any atom is 0.270 e. The van der Waals surface area contributed by atoms with Gasteiger partial charge in [0.15, 0.2) is 0 Å². The summed E-state index contributed by atoms with van der Waals surface area (Å²) in [4.78, 5) is 25.7. The molecule has 1 fully saturated rings. The highest BCUT2D eigenvalue weighted by Gasteiger charge is 2.19. The lowest BCUT2D eigenvalue weighted by atomic mass is 10.1. The average Bonchev–Trinajstić information content (AvgIpc) is 3.26. The third-order valence-electron chi connectivity index (χ3n) is 5.20. The van der Waals surface area contributed by atoms with Gasteiger partial charge in [-0.25, -0.2) is 4.68 Å². The van der Waals surface area contributed by atoms with Crippen LogP contribution in [0.3, 0.4) is 0 Å². The van der Waals surface area contributed by atoms with Crippen LogP contribution in [0.25, 0.3) is 16.9 Å². The van der Waals surface area contributed by atoms with Crippen molar-refractivity contribution in [3.8, 4) is 16.9 Å². The number of nitro groups is 1. The summed E-state index contributed by atoms with van der Waals surface area (Å²) in [5, 5.41) is 19.1. The van der Waals surface area contributed by atoms with Crippen LogP contribution in [-0.4, -0.2) is 64.9 Å². The molecular weight excluding hydrogens is 434 g/mol. The molecule has 1 aliphatic heterocycles. The first-order chi connectivity index (χ1) is 15.5. The fourth-order valence-electron chi connectivity index (χ4n) is 3.46. The second-order valence-electron chi connectivity index (χ2n) is 7.32. The molecule has 0 aliphatic carbocycles. The number of morpholine rings is 1. The molecule has 1 aromatic heterocycles. The van der Waals surface area contributed by atoms with Gasteiger partial charge < -0.3 is 10.1 Å². The Kier molecular flexibility index (Phi) is 6.79. The van der Waals surface area contributed by atoms with E-state index in [2.05, 4.69) is 15.3 Å². The number of hydrogen-bond acceptors (Lipinski definition) is 6. The first kappa shape index (κ1) is 21.9. The smallest absolute Gasteiger partial charge is 0.270 e. The van der Waals surface area contributed by atoms with Crippen molar-refractivity contribution in [1.29, 1.82) is 0 Å². The van der Waals surface area contributed by atoms with Crippen molar-refractivity contribution in [3.05, 3.63) is 75.4 Å². The van der Waals surface area contributed by atoms with Crippen molar-refractivity contribution in [2.24, 2.45) is 0 Å².